The number of nitrogens with one attached hydrogen (secondary N) is 1. The largest absolute Gasteiger partial charge is 0.454 e. The van der Waals surface area contributed by atoms with Crippen LogP contribution in [0.4, 0.5) is 13.2 Å². The van der Waals surface area contributed by atoms with Crippen LogP contribution >= 0.6 is 23.2 Å². The molecule has 7 nitrogen and oxygen atoms in total. The lowest BCUT2D eigenvalue weighted by Crippen LogP contribution is -2.51. The van der Waals surface area contributed by atoms with Gasteiger partial charge in [0.1, 0.15) is 12.7 Å². The molecule has 2 aromatic heterocycles. The van der Waals surface area contributed by atoms with Crippen molar-refractivity contribution < 1.29 is 22.8 Å². The Morgan fingerprint density at radius 3 is 2.32 bits per heavy atom. The quantitative estimate of drug-likeness (QED) is 0.330. The number of benzene rings is 2. The number of carbonyl (C=O) groups is 2. The molecule has 0 bridgehead atoms. The van der Waals surface area contributed by atoms with Gasteiger partial charge >= 0.3 is 6.18 Å². The lowest BCUT2D eigenvalue weighted by molar-refractivity contribution is -0.0885. The number of rotatable bonds is 4. The number of carbonyl (C=O) groups excluding carboxylic acids is 2. The van der Waals surface area contributed by atoms with Crippen LogP contribution in [0.2, 0.25) is 10.0 Å². The predicted molar refractivity (Wildman–Crippen MR) is 133 cm³/mol. The normalized spacial score (nSPS) is 17.6. The summed E-state index contributed by atoms with van der Waals surface area (Å²) in [4.78, 5) is 25.7. The number of hydrogen-bond acceptors (Lipinski definition) is 4. The number of fused-ring (bicyclic) bond motifs is 3. The highest BCUT2D eigenvalue weighted by atomic mass is 35.5. The Balaban J connectivity index is 1.49. The fourth-order valence-corrected chi connectivity index (χ4v) is 5.52. The summed E-state index contributed by atoms with van der Waals surface area (Å²) in [5, 5.41) is 10.9. The number of halogens is 5. The van der Waals surface area contributed by atoms with Crippen LogP contribution in [0.15, 0.2) is 43.0 Å². The van der Waals surface area contributed by atoms with Crippen molar-refractivity contribution in [2.24, 2.45) is 0 Å². The Morgan fingerprint density at radius 1 is 1.05 bits per heavy atom. The minimum atomic E-state index is -5.00. The summed E-state index contributed by atoms with van der Waals surface area (Å²) in [6.45, 7) is 3.71. The maximum Gasteiger partial charge on any atom is 0.454 e. The summed E-state index contributed by atoms with van der Waals surface area (Å²) in [5.41, 5.74) is 1.03. The summed E-state index contributed by atoms with van der Waals surface area (Å²) >= 11 is 12.8. The predicted octanol–water partition coefficient (Wildman–Crippen LogP) is 5.72. The van der Waals surface area contributed by atoms with Gasteiger partial charge in [-0.05, 0) is 51.0 Å². The lowest BCUT2D eigenvalue weighted by Gasteiger charge is -2.36. The minimum Gasteiger partial charge on any atom is -0.345 e. The Hall–Kier alpha value is -3.37. The number of aromatic nitrogens is 4. The molecule has 0 saturated heterocycles. The molecule has 192 valence electrons. The Labute approximate surface area is 219 Å². The van der Waals surface area contributed by atoms with E-state index in [1.807, 2.05) is 0 Å². The van der Waals surface area contributed by atoms with Crippen molar-refractivity contribution in [1.29, 1.82) is 0 Å². The van der Waals surface area contributed by atoms with Crippen LogP contribution in [0.5, 0.6) is 0 Å². The fourth-order valence-electron chi connectivity index (χ4n) is 4.88. The molecule has 3 heterocycles. The van der Waals surface area contributed by atoms with E-state index in [0.717, 1.165) is 5.56 Å². The monoisotopic (exact) mass is 549 g/mol. The van der Waals surface area contributed by atoms with E-state index in [4.69, 9.17) is 23.2 Å². The molecule has 1 aliphatic rings. The van der Waals surface area contributed by atoms with Crippen molar-refractivity contribution in [3.05, 3.63) is 75.4 Å². The van der Waals surface area contributed by atoms with Gasteiger partial charge in [0.15, 0.2) is 0 Å². The molecular weight excluding hydrogens is 530 g/mol. The first kappa shape index (κ1) is 25.3. The van der Waals surface area contributed by atoms with Crippen molar-refractivity contribution in [1.82, 2.24) is 24.6 Å². The van der Waals surface area contributed by atoms with E-state index < -0.39 is 23.4 Å². The third-order valence-corrected chi connectivity index (χ3v) is 7.21. The highest BCUT2D eigenvalue weighted by Gasteiger charge is 2.44. The van der Waals surface area contributed by atoms with Gasteiger partial charge in [-0.3, -0.25) is 14.2 Å². The number of aryl methyl sites for hydroxylation is 1. The number of Topliss-reactive ketones (excluding diaryl/α,β-unsaturated/α-hetero) is 1. The summed E-state index contributed by atoms with van der Waals surface area (Å²) in [6, 6.07) is 8.19. The number of alkyl halides is 3. The Morgan fingerprint density at radius 2 is 1.70 bits per heavy atom. The molecule has 0 saturated carbocycles. The molecule has 1 amide bonds. The zero-order valence-electron chi connectivity index (χ0n) is 19.7. The van der Waals surface area contributed by atoms with Gasteiger partial charge in [-0.15, -0.1) is 10.2 Å². The highest BCUT2D eigenvalue weighted by molar-refractivity contribution is 6.40. The molecule has 0 radical (unpaired) electrons. The molecule has 1 aliphatic heterocycles. The molecule has 12 heteroatoms. The molecule has 1 atom stereocenters. The number of ketones is 1. The van der Waals surface area contributed by atoms with E-state index in [-0.39, 0.29) is 39.5 Å². The zero-order valence-corrected chi connectivity index (χ0v) is 21.2. The molecule has 37 heavy (non-hydrogen) atoms. The third kappa shape index (κ3) is 4.48. The molecule has 2 aromatic carbocycles. The second-order valence-corrected chi connectivity index (χ2v) is 10.2. The van der Waals surface area contributed by atoms with Gasteiger partial charge in [0.2, 0.25) is 0 Å². The smallest absolute Gasteiger partial charge is 0.345 e. The van der Waals surface area contributed by atoms with Gasteiger partial charge in [0.05, 0.1) is 32.4 Å². The van der Waals surface area contributed by atoms with Gasteiger partial charge in [-0.1, -0.05) is 34.8 Å². The number of hydrogen-bond donors (Lipinski definition) is 1. The summed E-state index contributed by atoms with van der Waals surface area (Å²) in [5.74, 6) is -2.38. The molecule has 0 unspecified atom stereocenters. The summed E-state index contributed by atoms with van der Waals surface area (Å²) in [6.07, 6.45) is -1.61. The second kappa shape index (κ2) is 8.88. The Bertz CT molecular complexity index is 1540. The average molecular weight is 550 g/mol. The van der Waals surface area contributed by atoms with E-state index in [0.29, 0.717) is 23.3 Å². The van der Waals surface area contributed by atoms with Crippen LogP contribution in [0.1, 0.15) is 45.3 Å². The van der Waals surface area contributed by atoms with Gasteiger partial charge in [-0.2, -0.15) is 13.2 Å². The van der Waals surface area contributed by atoms with Gasteiger partial charge in [0.25, 0.3) is 11.7 Å². The van der Waals surface area contributed by atoms with Gasteiger partial charge in [-0.25, -0.2) is 0 Å². The topological polar surface area (TPSA) is 81.8 Å². The molecule has 1 N–H and O–H groups in total. The Kier molecular flexibility index (Phi) is 6.07. The van der Waals surface area contributed by atoms with Gasteiger partial charge < -0.3 is 9.88 Å². The summed E-state index contributed by atoms with van der Waals surface area (Å²) in [7, 11) is 0. The minimum absolute atomic E-state index is 0.0770. The lowest BCUT2D eigenvalue weighted by atomic mass is 9.89. The molecule has 0 spiro atoms. The van der Waals surface area contributed by atoms with Crippen LogP contribution in [0.25, 0.3) is 16.6 Å². The second-order valence-electron chi connectivity index (χ2n) is 9.42. The average Bonchev–Trinajstić information content (AvgIpc) is 3.43. The zero-order chi connectivity index (χ0) is 26.7. The molecular formula is C25H20Cl2F3N5O2. The van der Waals surface area contributed by atoms with Crippen LogP contribution in [-0.2, 0) is 13.0 Å². The van der Waals surface area contributed by atoms with Crippen LogP contribution < -0.4 is 5.32 Å². The maximum absolute atomic E-state index is 13.5. The summed E-state index contributed by atoms with van der Waals surface area (Å²) < 4.78 is 43.7. The maximum atomic E-state index is 13.5. The van der Waals surface area contributed by atoms with Crippen LogP contribution in [-0.4, -0.2) is 42.7 Å². The molecule has 4 aromatic rings. The first-order valence-corrected chi connectivity index (χ1v) is 12.0. The standard InChI is InChI=1S/C25H20Cl2F3N5O2/c1-13-3-4-18-15(7-13)20(22(36)25(28,29)30)19-5-6-24(2,10-35(18)19)33-23(37)21-16(26)8-14(9-17(21)27)34-11-31-32-12-34/h3-4,7-9,11-12H,5-6,10H2,1-2H3,(H,33,37)/t24-/m1/s1. The fraction of sp³-hybridized carbons (Fsp3) is 0.280. The van der Waals surface area contributed by atoms with Gasteiger partial charge in [0, 0.05) is 23.1 Å². The first-order chi connectivity index (χ1) is 17.4. The highest BCUT2D eigenvalue weighted by Crippen LogP contribution is 2.38. The molecule has 5 rings (SSSR count). The molecule has 0 fully saturated rings. The van der Waals surface area contributed by atoms with E-state index in [1.54, 1.807) is 53.3 Å². The van der Waals surface area contributed by atoms with Crippen molar-refractivity contribution in [2.75, 3.05) is 0 Å². The van der Waals surface area contributed by atoms with Crippen LogP contribution in [0, 0.1) is 6.92 Å². The van der Waals surface area contributed by atoms with E-state index in [9.17, 15) is 22.8 Å². The third-order valence-electron chi connectivity index (χ3n) is 6.62. The van der Waals surface area contributed by atoms with Crippen molar-refractivity contribution in [3.8, 4) is 5.69 Å². The molecule has 0 aliphatic carbocycles. The van der Waals surface area contributed by atoms with Crippen molar-refractivity contribution in [2.45, 2.75) is 44.9 Å². The van der Waals surface area contributed by atoms with Crippen molar-refractivity contribution in [3.63, 3.8) is 0 Å². The SMILES string of the molecule is Cc1ccc2c(c1)c(C(=O)C(F)(F)F)c1n2C[C@](C)(NC(=O)c2c(Cl)cc(-n3cnnc3)cc2Cl)CC1. The first-order valence-electron chi connectivity index (χ1n) is 11.3. The number of amides is 1. The van der Waals surface area contributed by atoms with Crippen molar-refractivity contribution >= 4 is 45.8 Å². The number of nitrogens with zero attached hydrogens (tertiary/aromatic N) is 4. The van der Waals surface area contributed by atoms with Crippen LogP contribution in [0.3, 0.4) is 0 Å². The van der Waals surface area contributed by atoms with E-state index in [1.165, 1.54) is 12.7 Å². The van der Waals surface area contributed by atoms with E-state index in [2.05, 4.69) is 15.5 Å². The van der Waals surface area contributed by atoms with E-state index >= 15 is 0 Å².